The largest absolute Gasteiger partial charge is 0.496 e. The minimum absolute atomic E-state index is 0.144. The molecule has 1 fully saturated rings. The summed E-state index contributed by atoms with van der Waals surface area (Å²) in [5, 5.41) is 0.490. The SMILES string of the molecule is COc1ccc(/C=C2/SC(=O)N(Cc3ccc(Cl)c(Cl)c3)C2=O)cc1Br. The number of hydrogen-bond donors (Lipinski definition) is 0. The molecule has 0 saturated carbocycles. The van der Waals surface area contributed by atoms with Crippen molar-refractivity contribution in [3.8, 4) is 5.75 Å². The van der Waals surface area contributed by atoms with Crippen molar-refractivity contribution in [2.24, 2.45) is 0 Å². The van der Waals surface area contributed by atoms with Crippen LogP contribution in [0.15, 0.2) is 45.8 Å². The van der Waals surface area contributed by atoms with Gasteiger partial charge in [-0.1, -0.05) is 35.3 Å². The molecule has 0 aromatic heterocycles. The van der Waals surface area contributed by atoms with E-state index in [4.69, 9.17) is 27.9 Å². The molecule has 1 aliphatic rings. The molecule has 2 amide bonds. The Morgan fingerprint density at radius 3 is 2.58 bits per heavy atom. The molecule has 0 radical (unpaired) electrons. The molecule has 1 aliphatic heterocycles. The van der Waals surface area contributed by atoms with E-state index in [0.29, 0.717) is 20.7 Å². The van der Waals surface area contributed by atoms with Gasteiger partial charge in [0.25, 0.3) is 11.1 Å². The fourth-order valence-electron chi connectivity index (χ4n) is 2.38. The Hall–Kier alpha value is -1.47. The van der Waals surface area contributed by atoms with E-state index in [1.165, 1.54) is 4.90 Å². The molecule has 0 spiro atoms. The van der Waals surface area contributed by atoms with Gasteiger partial charge in [0.15, 0.2) is 0 Å². The zero-order valence-electron chi connectivity index (χ0n) is 13.5. The van der Waals surface area contributed by atoms with Crippen LogP contribution >= 0.6 is 50.9 Å². The van der Waals surface area contributed by atoms with Gasteiger partial charge in [0.2, 0.25) is 0 Å². The van der Waals surface area contributed by atoms with Crippen molar-refractivity contribution in [2.75, 3.05) is 7.11 Å². The molecule has 1 saturated heterocycles. The van der Waals surface area contributed by atoms with Crippen LogP contribution in [0.5, 0.6) is 5.75 Å². The molecular weight excluding hydrogens is 461 g/mol. The topological polar surface area (TPSA) is 46.6 Å². The molecule has 26 heavy (non-hydrogen) atoms. The lowest BCUT2D eigenvalue weighted by Crippen LogP contribution is -2.27. The molecule has 4 nitrogen and oxygen atoms in total. The molecule has 0 atom stereocenters. The molecule has 0 unspecified atom stereocenters. The van der Waals surface area contributed by atoms with Crippen LogP contribution in [0.3, 0.4) is 0 Å². The summed E-state index contributed by atoms with van der Waals surface area (Å²) in [4.78, 5) is 26.4. The van der Waals surface area contributed by atoms with Crippen LogP contribution in [0.1, 0.15) is 11.1 Å². The quantitative estimate of drug-likeness (QED) is 0.512. The number of ether oxygens (including phenoxy) is 1. The maximum absolute atomic E-state index is 12.6. The highest BCUT2D eigenvalue weighted by atomic mass is 79.9. The van der Waals surface area contributed by atoms with Crippen LogP contribution in [0, 0.1) is 0 Å². The van der Waals surface area contributed by atoms with Gasteiger partial charge in [0.05, 0.1) is 33.1 Å². The van der Waals surface area contributed by atoms with Gasteiger partial charge < -0.3 is 4.74 Å². The van der Waals surface area contributed by atoms with Gasteiger partial charge in [-0.2, -0.15) is 0 Å². The summed E-state index contributed by atoms with van der Waals surface area (Å²) in [6, 6.07) is 10.5. The molecule has 0 aliphatic carbocycles. The molecule has 0 N–H and O–H groups in total. The summed E-state index contributed by atoms with van der Waals surface area (Å²) < 4.78 is 5.95. The van der Waals surface area contributed by atoms with E-state index in [9.17, 15) is 9.59 Å². The first kappa shape index (κ1) is 19.3. The van der Waals surface area contributed by atoms with E-state index in [1.54, 1.807) is 37.5 Å². The monoisotopic (exact) mass is 471 g/mol. The van der Waals surface area contributed by atoms with Gasteiger partial charge in [0.1, 0.15) is 5.75 Å². The Labute approximate surface area is 173 Å². The van der Waals surface area contributed by atoms with Crippen molar-refractivity contribution in [1.82, 2.24) is 4.90 Å². The third-order valence-corrected chi connectivity index (χ3v) is 5.94. The number of hydrogen-bond acceptors (Lipinski definition) is 4. The third kappa shape index (κ3) is 4.09. The molecule has 3 rings (SSSR count). The van der Waals surface area contributed by atoms with Crippen LogP contribution in [-0.2, 0) is 11.3 Å². The molecule has 0 bridgehead atoms. The lowest BCUT2D eigenvalue weighted by Gasteiger charge is -2.13. The minimum Gasteiger partial charge on any atom is -0.496 e. The number of halogens is 3. The normalized spacial score (nSPS) is 15.8. The van der Waals surface area contributed by atoms with Crippen molar-refractivity contribution in [3.63, 3.8) is 0 Å². The van der Waals surface area contributed by atoms with Crippen LogP contribution in [0.2, 0.25) is 10.0 Å². The Morgan fingerprint density at radius 1 is 1.15 bits per heavy atom. The maximum atomic E-state index is 12.6. The van der Waals surface area contributed by atoms with E-state index in [0.717, 1.165) is 27.4 Å². The van der Waals surface area contributed by atoms with E-state index in [1.807, 2.05) is 12.1 Å². The van der Waals surface area contributed by atoms with Crippen LogP contribution in [0.25, 0.3) is 6.08 Å². The Morgan fingerprint density at radius 2 is 1.92 bits per heavy atom. The second-order valence-electron chi connectivity index (χ2n) is 5.41. The molecule has 2 aromatic rings. The molecule has 2 aromatic carbocycles. The second-order valence-corrected chi connectivity index (χ2v) is 8.07. The number of benzene rings is 2. The van der Waals surface area contributed by atoms with Gasteiger partial charge in [-0.25, -0.2) is 0 Å². The lowest BCUT2D eigenvalue weighted by molar-refractivity contribution is -0.123. The number of nitrogens with zero attached hydrogens (tertiary/aromatic N) is 1. The van der Waals surface area contributed by atoms with Crippen molar-refractivity contribution in [3.05, 3.63) is 66.9 Å². The minimum atomic E-state index is -0.335. The zero-order chi connectivity index (χ0) is 18.8. The third-order valence-electron chi connectivity index (χ3n) is 3.67. The van der Waals surface area contributed by atoms with Gasteiger partial charge in [-0.15, -0.1) is 0 Å². The summed E-state index contributed by atoms with van der Waals surface area (Å²) in [6.07, 6.45) is 1.68. The van der Waals surface area contributed by atoms with Gasteiger partial charge in [-0.05, 0) is 69.2 Å². The van der Waals surface area contributed by atoms with Crippen molar-refractivity contribution < 1.29 is 14.3 Å². The second kappa shape index (κ2) is 8.05. The van der Waals surface area contributed by atoms with E-state index < -0.39 is 0 Å². The van der Waals surface area contributed by atoms with Crippen LogP contribution in [-0.4, -0.2) is 23.2 Å². The average Bonchev–Trinajstić information content (AvgIpc) is 2.86. The van der Waals surface area contributed by atoms with Crippen molar-refractivity contribution >= 4 is 68.1 Å². The summed E-state index contributed by atoms with van der Waals surface area (Å²) in [6.45, 7) is 0.144. The summed E-state index contributed by atoms with van der Waals surface area (Å²) in [5.41, 5.74) is 1.52. The average molecular weight is 473 g/mol. The highest BCUT2D eigenvalue weighted by Crippen LogP contribution is 2.35. The predicted molar refractivity (Wildman–Crippen MR) is 109 cm³/mol. The first-order chi connectivity index (χ1) is 12.4. The van der Waals surface area contributed by atoms with E-state index in [-0.39, 0.29) is 17.7 Å². The van der Waals surface area contributed by atoms with Crippen molar-refractivity contribution in [2.45, 2.75) is 6.54 Å². The van der Waals surface area contributed by atoms with Gasteiger partial charge >= 0.3 is 0 Å². The maximum Gasteiger partial charge on any atom is 0.293 e. The van der Waals surface area contributed by atoms with Crippen LogP contribution < -0.4 is 4.74 Å². The van der Waals surface area contributed by atoms with Gasteiger partial charge in [0, 0.05) is 0 Å². The summed E-state index contributed by atoms with van der Waals surface area (Å²) in [7, 11) is 1.58. The first-order valence-corrected chi connectivity index (χ1v) is 9.78. The Balaban J connectivity index is 1.82. The summed E-state index contributed by atoms with van der Waals surface area (Å²) in [5.74, 6) is 0.355. The van der Waals surface area contributed by atoms with Crippen LogP contribution in [0.4, 0.5) is 4.79 Å². The molecule has 134 valence electrons. The number of carbonyl (C=O) groups is 2. The van der Waals surface area contributed by atoms with E-state index in [2.05, 4.69) is 15.9 Å². The zero-order valence-corrected chi connectivity index (χ0v) is 17.4. The molecular formula is C18H12BrCl2NO3S. The van der Waals surface area contributed by atoms with E-state index >= 15 is 0 Å². The van der Waals surface area contributed by atoms with Gasteiger partial charge in [-0.3, -0.25) is 14.5 Å². The Bertz CT molecular complexity index is 933. The van der Waals surface area contributed by atoms with Crippen molar-refractivity contribution in [1.29, 1.82) is 0 Å². The number of thioether (sulfide) groups is 1. The standard InChI is InChI=1S/C18H12BrCl2NO3S/c1-25-15-5-3-10(6-12(15)19)8-16-17(23)22(18(24)26-16)9-11-2-4-13(20)14(21)7-11/h2-8H,9H2,1H3/b16-8+. The molecule has 8 heteroatoms. The first-order valence-electron chi connectivity index (χ1n) is 7.42. The predicted octanol–water partition coefficient (Wildman–Crippen LogP) is 6.00. The number of methoxy groups -OCH3 is 1. The number of amides is 2. The number of imide groups is 1. The smallest absolute Gasteiger partial charge is 0.293 e. The fourth-order valence-corrected chi connectivity index (χ4v) is 4.10. The number of carbonyl (C=O) groups excluding carboxylic acids is 2. The highest BCUT2D eigenvalue weighted by Gasteiger charge is 2.35. The fraction of sp³-hybridized carbons (Fsp3) is 0.111. The number of rotatable bonds is 4. The molecule has 1 heterocycles. The Kier molecular flexibility index (Phi) is 5.97. The lowest BCUT2D eigenvalue weighted by atomic mass is 10.2. The summed E-state index contributed by atoms with van der Waals surface area (Å²) >= 11 is 16.2. The highest BCUT2D eigenvalue weighted by molar-refractivity contribution is 9.10.